The monoisotopic (exact) mass is 353 g/mol. The molecule has 0 aliphatic rings. The molecule has 0 aliphatic heterocycles. The van der Waals surface area contributed by atoms with Gasteiger partial charge in [-0.25, -0.2) is 4.98 Å². The molecule has 0 saturated heterocycles. The van der Waals surface area contributed by atoms with Gasteiger partial charge in [0.15, 0.2) is 11.5 Å². The van der Waals surface area contributed by atoms with Crippen molar-refractivity contribution in [2.75, 3.05) is 14.2 Å². The van der Waals surface area contributed by atoms with Gasteiger partial charge in [0.25, 0.3) is 0 Å². The van der Waals surface area contributed by atoms with Gasteiger partial charge in [-0.1, -0.05) is 43.2 Å². The smallest absolute Gasteiger partial charge is 0.163 e. The number of imidazole rings is 1. The van der Waals surface area contributed by atoms with Crippen LogP contribution in [-0.4, -0.2) is 23.8 Å². The van der Waals surface area contributed by atoms with E-state index in [1.165, 1.54) is 11.1 Å². The van der Waals surface area contributed by atoms with Crippen LogP contribution in [0.2, 0.25) is 0 Å². The van der Waals surface area contributed by atoms with Gasteiger partial charge in [-0.15, -0.1) is 0 Å². The van der Waals surface area contributed by atoms with Gasteiger partial charge in [0.1, 0.15) is 5.82 Å². The summed E-state index contributed by atoms with van der Waals surface area (Å²) in [6.45, 7) is 4.95. The normalized spacial score (nSPS) is 12.3. The Labute approximate surface area is 154 Å². The molecule has 2 aromatic carbocycles. The summed E-state index contributed by atoms with van der Waals surface area (Å²) in [6.07, 6.45) is 1.91. The van der Waals surface area contributed by atoms with Crippen LogP contribution in [0.4, 0.5) is 0 Å². The maximum Gasteiger partial charge on any atom is 0.163 e. The zero-order chi connectivity index (χ0) is 18.7. The zero-order valence-corrected chi connectivity index (χ0v) is 16.0. The van der Waals surface area contributed by atoms with Gasteiger partial charge in [0.05, 0.1) is 31.3 Å². The van der Waals surface area contributed by atoms with Crippen molar-refractivity contribution in [3.63, 3.8) is 0 Å². The molecule has 1 heterocycles. The van der Waals surface area contributed by atoms with E-state index in [9.17, 15) is 0 Å². The maximum atomic E-state index is 6.44. The molecule has 0 spiro atoms. The number of hydrogen-bond donors (Lipinski definition) is 1. The highest BCUT2D eigenvalue weighted by molar-refractivity contribution is 5.81. The lowest BCUT2D eigenvalue weighted by Crippen LogP contribution is -2.17. The summed E-state index contributed by atoms with van der Waals surface area (Å²) >= 11 is 0. The molecule has 5 heteroatoms. The Morgan fingerprint density at radius 1 is 1.08 bits per heavy atom. The van der Waals surface area contributed by atoms with Gasteiger partial charge in [0.2, 0.25) is 0 Å². The number of nitrogens with zero attached hydrogens (tertiary/aromatic N) is 2. The number of hydrogen-bond acceptors (Lipinski definition) is 4. The first-order chi connectivity index (χ1) is 12.6. The fraction of sp³-hybridized carbons (Fsp3) is 0.381. The van der Waals surface area contributed by atoms with E-state index in [0.29, 0.717) is 11.5 Å². The number of nitrogens with two attached hydrogens (primary N) is 1. The number of aryl methyl sites for hydroxylation is 1. The summed E-state index contributed by atoms with van der Waals surface area (Å²) in [5.41, 5.74) is 10.8. The highest BCUT2D eigenvalue weighted by Gasteiger charge is 2.19. The highest BCUT2D eigenvalue weighted by atomic mass is 16.5. The molecular weight excluding hydrogens is 326 g/mol. The van der Waals surface area contributed by atoms with E-state index in [1.807, 2.05) is 12.1 Å². The molecule has 138 valence electrons. The third-order valence-corrected chi connectivity index (χ3v) is 4.68. The molecule has 0 saturated carbocycles. The van der Waals surface area contributed by atoms with Crippen molar-refractivity contribution in [1.29, 1.82) is 0 Å². The lowest BCUT2D eigenvalue weighted by atomic mass is 10.1. The van der Waals surface area contributed by atoms with Gasteiger partial charge in [-0.3, -0.25) is 0 Å². The Bertz CT molecular complexity index is 884. The van der Waals surface area contributed by atoms with E-state index < -0.39 is 0 Å². The van der Waals surface area contributed by atoms with Gasteiger partial charge in [-0.2, -0.15) is 0 Å². The topological polar surface area (TPSA) is 62.3 Å². The SMILES string of the molecule is CCCC(N)c1nc2cc(OC)c(OC)cc2n1Cc1ccc(C)cc1. The van der Waals surface area contributed by atoms with E-state index in [2.05, 4.69) is 42.7 Å². The standard InChI is InChI=1S/C21H27N3O2/c1-5-6-16(22)21-23-17-11-19(25-3)20(26-4)12-18(17)24(21)13-15-9-7-14(2)8-10-15/h7-12,16H,5-6,13,22H2,1-4H3. The van der Waals surface area contributed by atoms with Crippen molar-refractivity contribution in [3.8, 4) is 11.5 Å². The van der Waals surface area contributed by atoms with Gasteiger partial charge >= 0.3 is 0 Å². The molecule has 0 fully saturated rings. The minimum absolute atomic E-state index is 0.102. The molecule has 26 heavy (non-hydrogen) atoms. The van der Waals surface area contributed by atoms with E-state index >= 15 is 0 Å². The first-order valence-electron chi connectivity index (χ1n) is 9.00. The average molecular weight is 353 g/mol. The van der Waals surface area contributed by atoms with E-state index in [0.717, 1.165) is 36.2 Å². The molecule has 0 bridgehead atoms. The molecule has 0 amide bonds. The Balaban J connectivity index is 2.14. The summed E-state index contributed by atoms with van der Waals surface area (Å²) in [6, 6.07) is 12.4. The Hall–Kier alpha value is -2.53. The summed E-state index contributed by atoms with van der Waals surface area (Å²) < 4.78 is 13.1. The van der Waals surface area contributed by atoms with E-state index in [4.69, 9.17) is 20.2 Å². The van der Waals surface area contributed by atoms with Crippen molar-refractivity contribution in [3.05, 3.63) is 53.3 Å². The molecule has 2 N–H and O–H groups in total. The fourth-order valence-corrected chi connectivity index (χ4v) is 3.24. The second kappa shape index (κ2) is 7.79. The Morgan fingerprint density at radius 3 is 2.35 bits per heavy atom. The predicted octanol–water partition coefficient (Wildman–Crippen LogP) is 4.21. The van der Waals surface area contributed by atoms with E-state index in [-0.39, 0.29) is 6.04 Å². The first kappa shape index (κ1) is 18.3. The molecule has 0 radical (unpaired) electrons. The summed E-state index contributed by atoms with van der Waals surface area (Å²) in [5, 5.41) is 0. The van der Waals surface area contributed by atoms with Crippen LogP contribution in [-0.2, 0) is 6.54 Å². The average Bonchev–Trinajstić information content (AvgIpc) is 3.00. The van der Waals surface area contributed by atoms with Gasteiger partial charge < -0.3 is 19.8 Å². The predicted molar refractivity (Wildman–Crippen MR) is 105 cm³/mol. The van der Waals surface area contributed by atoms with Crippen LogP contribution in [0, 0.1) is 6.92 Å². The largest absolute Gasteiger partial charge is 0.493 e. The second-order valence-electron chi connectivity index (χ2n) is 6.63. The number of methoxy groups -OCH3 is 2. The highest BCUT2D eigenvalue weighted by Crippen LogP contribution is 2.34. The van der Waals surface area contributed by atoms with Crippen LogP contribution in [0.25, 0.3) is 11.0 Å². The van der Waals surface area contributed by atoms with Crippen molar-refractivity contribution in [1.82, 2.24) is 9.55 Å². The third-order valence-electron chi connectivity index (χ3n) is 4.68. The number of ether oxygens (including phenoxy) is 2. The second-order valence-corrected chi connectivity index (χ2v) is 6.63. The maximum absolute atomic E-state index is 6.44. The van der Waals surface area contributed by atoms with Crippen LogP contribution in [0.5, 0.6) is 11.5 Å². The lowest BCUT2D eigenvalue weighted by molar-refractivity contribution is 0.355. The number of fused-ring (bicyclic) bond motifs is 1. The number of aromatic nitrogens is 2. The van der Waals surface area contributed by atoms with Crippen LogP contribution in [0.15, 0.2) is 36.4 Å². The number of benzene rings is 2. The van der Waals surface area contributed by atoms with E-state index in [1.54, 1.807) is 14.2 Å². The van der Waals surface area contributed by atoms with Crippen molar-refractivity contribution < 1.29 is 9.47 Å². The zero-order valence-electron chi connectivity index (χ0n) is 16.0. The Kier molecular flexibility index (Phi) is 5.47. The molecule has 3 rings (SSSR count). The molecule has 0 aliphatic carbocycles. The summed E-state index contributed by atoms with van der Waals surface area (Å²) in [4.78, 5) is 4.83. The van der Waals surface area contributed by atoms with Crippen LogP contribution in [0.1, 0.15) is 42.8 Å². The van der Waals surface area contributed by atoms with Crippen LogP contribution in [0.3, 0.4) is 0 Å². The van der Waals surface area contributed by atoms with Gasteiger partial charge in [0, 0.05) is 18.7 Å². The quantitative estimate of drug-likeness (QED) is 0.691. The molecule has 1 unspecified atom stereocenters. The van der Waals surface area contributed by atoms with Gasteiger partial charge in [-0.05, 0) is 18.9 Å². The minimum Gasteiger partial charge on any atom is -0.493 e. The number of rotatable bonds is 7. The third kappa shape index (κ3) is 3.53. The molecule has 5 nitrogen and oxygen atoms in total. The molecule has 1 aromatic heterocycles. The Morgan fingerprint density at radius 2 is 1.73 bits per heavy atom. The van der Waals surface area contributed by atoms with Crippen molar-refractivity contribution >= 4 is 11.0 Å². The summed E-state index contributed by atoms with van der Waals surface area (Å²) in [5.74, 6) is 2.27. The molecular formula is C21H27N3O2. The molecule has 1 atom stereocenters. The fourth-order valence-electron chi connectivity index (χ4n) is 3.24. The summed E-state index contributed by atoms with van der Waals surface area (Å²) in [7, 11) is 3.28. The first-order valence-corrected chi connectivity index (χ1v) is 9.00. The lowest BCUT2D eigenvalue weighted by Gasteiger charge is -2.15. The molecule has 3 aromatic rings. The van der Waals surface area contributed by atoms with Crippen LogP contribution < -0.4 is 15.2 Å². The minimum atomic E-state index is -0.102. The van der Waals surface area contributed by atoms with Crippen molar-refractivity contribution in [2.45, 2.75) is 39.3 Å². The van der Waals surface area contributed by atoms with Crippen LogP contribution >= 0.6 is 0 Å². The van der Waals surface area contributed by atoms with Crippen molar-refractivity contribution in [2.24, 2.45) is 5.73 Å².